The molecule has 0 radical (unpaired) electrons. The Kier molecular flexibility index (Phi) is 4.71. The maximum atomic E-state index is 13.1. The molecule has 0 bridgehead atoms. The summed E-state index contributed by atoms with van der Waals surface area (Å²) in [5, 5.41) is 5.29. The Morgan fingerprint density at radius 3 is 2.69 bits per heavy atom. The summed E-state index contributed by atoms with van der Waals surface area (Å²) in [4.78, 5) is 24.7. The first kappa shape index (κ1) is 16.8. The average Bonchev–Trinajstić information content (AvgIpc) is 3.33. The molecule has 4 rings (SSSR count). The number of benzene rings is 1. The monoisotopic (exact) mass is 352 g/mol. The predicted octanol–water partition coefficient (Wildman–Crippen LogP) is 1.78. The molecular formula is C19H24N6O. The average molecular weight is 352 g/mol. The summed E-state index contributed by atoms with van der Waals surface area (Å²) in [6, 6.07) is 8.15. The molecule has 0 atom stereocenters. The van der Waals surface area contributed by atoms with Crippen molar-refractivity contribution >= 4 is 16.8 Å². The first-order chi connectivity index (χ1) is 12.8. The van der Waals surface area contributed by atoms with Gasteiger partial charge in [-0.1, -0.05) is 25.1 Å². The summed E-state index contributed by atoms with van der Waals surface area (Å²) in [6.07, 6.45) is 4.15. The van der Waals surface area contributed by atoms with Gasteiger partial charge in [-0.05, 0) is 18.1 Å². The Balaban J connectivity index is 1.40. The van der Waals surface area contributed by atoms with Crippen molar-refractivity contribution in [3.8, 4) is 0 Å². The van der Waals surface area contributed by atoms with E-state index in [0.717, 1.165) is 67.8 Å². The standard InChI is InChI=1S/C19H24N6O/c1-2-15-16-5-3-4-6-17(16)22-18(15)19(26)24-10-7-23(8-11-24)9-12-25-14-20-13-21-25/h3-6,13-14,22H,2,7-12H2,1H3. The van der Waals surface area contributed by atoms with E-state index in [9.17, 15) is 4.79 Å². The lowest BCUT2D eigenvalue weighted by molar-refractivity contribution is 0.0626. The molecule has 1 saturated heterocycles. The van der Waals surface area contributed by atoms with Crippen molar-refractivity contribution in [2.24, 2.45) is 0 Å². The Morgan fingerprint density at radius 1 is 1.15 bits per heavy atom. The Labute approximate surface area is 152 Å². The number of aryl methyl sites for hydroxylation is 1. The quantitative estimate of drug-likeness (QED) is 0.760. The van der Waals surface area contributed by atoms with Crippen molar-refractivity contribution in [2.75, 3.05) is 32.7 Å². The van der Waals surface area contributed by atoms with E-state index in [0.29, 0.717) is 0 Å². The van der Waals surface area contributed by atoms with Crippen LogP contribution < -0.4 is 0 Å². The zero-order chi connectivity index (χ0) is 17.9. The molecule has 2 aromatic heterocycles. The highest BCUT2D eigenvalue weighted by Crippen LogP contribution is 2.24. The van der Waals surface area contributed by atoms with Gasteiger partial charge in [0.2, 0.25) is 0 Å². The zero-order valence-electron chi connectivity index (χ0n) is 15.1. The molecule has 1 aromatic carbocycles. The van der Waals surface area contributed by atoms with E-state index in [-0.39, 0.29) is 5.91 Å². The van der Waals surface area contributed by atoms with Crippen LogP contribution in [0, 0.1) is 0 Å². The van der Waals surface area contributed by atoms with Gasteiger partial charge in [0.25, 0.3) is 5.91 Å². The molecule has 1 aliphatic rings. The summed E-state index contributed by atoms with van der Waals surface area (Å²) in [5.41, 5.74) is 2.92. The first-order valence-corrected chi connectivity index (χ1v) is 9.20. The minimum atomic E-state index is 0.119. The van der Waals surface area contributed by atoms with Crippen LogP contribution >= 0.6 is 0 Å². The molecule has 3 aromatic rings. The molecule has 0 spiro atoms. The number of amides is 1. The molecule has 0 saturated carbocycles. The highest BCUT2D eigenvalue weighted by atomic mass is 16.2. The molecule has 1 aliphatic heterocycles. The number of para-hydroxylation sites is 1. The van der Waals surface area contributed by atoms with Gasteiger partial charge < -0.3 is 9.88 Å². The predicted molar refractivity (Wildman–Crippen MR) is 100 cm³/mol. The van der Waals surface area contributed by atoms with Crippen LogP contribution in [0.1, 0.15) is 23.0 Å². The van der Waals surface area contributed by atoms with Crippen LogP contribution in [-0.4, -0.2) is 68.2 Å². The molecule has 3 heterocycles. The largest absolute Gasteiger partial charge is 0.350 e. The molecular weight excluding hydrogens is 328 g/mol. The van der Waals surface area contributed by atoms with Gasteiger partial charge in [0.1, 0.15) is 18.3 Å². The number of hydrogen-bond donors (Lipinski definition) is 1. The molecule has 1 N–H and O–H groups in total. The SMILES string of the molecule is CCc1c(C(=O)N2CCN(CCn3cncn3)CC2)[nH]c2ccccc12. The highest BCUT2D eigenvalue weighted by Gasteiger charge is 2.25. The van der Waals surface area contributed by atoms with Crippen molar-refractivity contribution in [2.45, 2.75) is 19.9 Å². The number of hydrogen-bond acceptors (Lipinski definition) is 4. The van der Waals surface area contributed by atoms with E-state index in [1.807, 2.05) is 27.8 Å². The number of nitrogens with zero attached hydrogens (tertiary/aromatic N) is 5. The summed E-state index contributed by atoms with van der Waals surface area (Å²) in [7, 11) is 0. The second-order valence-corrected chi connectivity index (χ2v) is 6.67. The third-order valence-corrected chi connectivity index (χ3v) is 5.15. The molecule has 7 heteroatoms. The van der Waals surface area contributed by atoms with Crippen LogP contribution in [0.25, 0.3) is 10.9 Å². The number of H-pyrrole nitrogens is 1. The minimum absolute atomic E-state index is 0.119. The lowest BCUT2D eigenvalue weighted by Crippen LogP contribution is -2.49. The van der Waals surface area contributed by atoms with E-state index in [4.69, 9.17) is 0 Å². The summed E-state index contributed by atoms with van der Waals surface area (Å²) < 4.78 is 1.84. The smallest absolute Gasteiger partial charge is 0.270 e. The summed E-state index contributed by atoms with van der Waals surface area (Å²) in [6.45, 7) is 7.16. The van der Waals surface area contributed by atoms with Crippen molar-refractivity contribution in [1.29, 1.82) is 0 Å². The molecule has 7 nitrogen and oxygen atoms in total. The van der Waals surface area contributed by atoms with Crippen LogP contribution in [0.3, 0.4) is 0 Å². The molecule has 1 fully saturated rings. The Bertz CT molecular complexity index is 877. The molecule has 136 valence electrons. The van der Waals surface area contributed by atoms with Gasteiger partial charge in [-0.3, -0.25) is 14.4 Å². The molecule has 1 amide bonds. The van der Waals surface area contributed by atoms with Gasteiger partial charge in [-0.25, -0.2) is 4.98 Å². The van der Waals surface area contributed by atoms with Crippen molar-refractivity contribution in [3.05, 3.63) is 48.2 Å². The fraction of sp³-hybridized carbons (Fsp3) is 0.421. The van der Waals surface area contributed by atoms with Gasteiger partial charge in [0.15, 0.2) is 0 Å². The van der Waals surface area contributed by atoms with Crippen molar-refractivity contribution in [3.63, 3.8) is 0 Å². The number of carbonyl (C=O) groups excluding carboxylic acids is 1. The van der Waals surface area contributed by atoms with Crippen molar-refractivity contribution < 1.29 is 4.79 Å². The van der Waals surface area contributed by atoms with E-state index >= 15 is 0 Å². The van der Waals surface area contributed by atoms with Crippen LogP contribution in [0.2, 0.25) is 0 Å². The van der Waals surface area contributed by atoms with Gasteiger partial charge in [-0.2, -0.15) is 5.10 Å². The topological polar surface area (TPSA) is 70.1 Å². The number of rotatable bonds is 5. The van der Waals surface area contributed by atoms with E-state index in [2.05, 4.69) is 33.0 Å². The number of aromatic amines is 1. The van der Waals surface area contributed by atoms with E-state index < -0.39 is 0 Å². The van der Waals surface area contributed by atoms with Crippen LogP contribution in [-0.2, 0) is 13.0 Å². The number of piperazine rings is 1. The number of fused-ring (bicyclic) bond motifs is 1. The van der Waals surface area contributed by atoms with Crippen LogP contribution in [0.15, 0.2) is 36.9 Å². The fourth-order valence-corrected chi connectivity index (χ4v) is 3.67. The third-order valence-electron chi connectivity index (χ3n) is 5.15. The normalized spacial score (nSPS) is 15.7. The van der Waals surface area contributed by atoms with E-state index in [1.165, 1.54) is 0 Å². The second kappa shape index (κ2) is 7.29. The number of nitrogens with one attached hydrogen (secondary N) is 1. The lowest BCUT2D eigenvalue weighted by atomic mass is 10.1. The maximum Gasteiger partial charge on any atom is 0.270 e. The van der Waals surface area contributed by atoms with Gasteiger partial charge in [0, 0.05) is 43.6 Å². The van der Waals surface area contributed by atoms with E-state index in [1.54, 1.807) is 12.7 Å². The molecule has 0 unspecified atom stereocenters. The van der Waals surface area contributed by atoms with Crippen LogP contribution in [0.5, 0.6) is 0 Å². The highest BCUT2D eigenvalue weighted by molar-refractivity contribution is 6.01. The third kappa shape index (κ3) is 3.22. The van der Waals surface area contributed by atoms with Gasteiger partial charge in [0.05, 0.1) is 6.54 Å². The Hall–Kier alpha value is -2.67. The van der Waals surface area contributed by atoms with Crippen molar-refractivity contribution in [1.82, 2.24) is 29.5 Å². The zero-order valence-corrected chi connectivity index (χ0v) is 15.1. The number of carbonyl (C=O) groups is 1. The lowest BCUT2D eigenvalue weighted by Gasteiger charge is -2.34. The fourth-order valence-electron chi connectivity index (χ4n) is 3.67. The first-order valence-electron chi connectivity index (χ1n) is 9.20. The maximum absolute atomic E-state index is 13.1. The molecule has 26 heavy (non-hydrogen) atoms. The summed E-state index contributed by atoms with van der Waals surface area (Å²) >= 11 is 0. The number of aromatic nitrogens is 4. The van der Waals surface area contributed by atoms with Gasteiger partial charge in [-0.15, -0.1) is 0 Å². The van der Waals surface area contributed by atoms with Crippen LogP contribution in [0.4, 0.5) is 0 Å². The molecule has 0 aliphatic carbocycles. The summed E-state index contributed by atoms with van der Waals surface area (Å²) in [5.74, 6) is 0.119. The van der Waals surface area contributed by atoms with Gasteiger partial charge >= 0.3 is 0 Å². The Morgan fingerprint density at radius 2 is 1.96 bits per heavy atom. The second-order valence-electron chi connectivity index (χ2n) is 6.67. The minimum Gasteiger partial charge on any atom is -0.350 e.